The second kappa shape index (κ2) is 9.06. The molecular weight excluding hydrogens is 490 g/mol. The van der Waals surface area contributed by atoms with Crippen molar-refractivity contribution < 1.29 is 9.53 Å². The van der Waals surface area contributed by atoms with Gasteiger partial charge in [0.15, 0.2) is 0 Å². The van der Waals surface area contributed by atoms with Crippen molar-refractivity contribution in [1.82, 2.24) is 0 Å². The van der Waals surface area contributed by atoms with E-state index in [1.54, 1.807) is 0 Å². The zero-order valence-corrected chi connectivity index (χ0v) is 26.2. The minimum absolute atomic E-state index is 0.0198. The average molecular weight is 544 g/mol. The smallest absolute Gasteiger partial charge is 0.337 e. The Hall–Kier alpha value is -1.87. The number of ether oxygens (including phenoxy) is 1. The molecule has 3 heteroatoms. The van der Waals surface area contributed by atoms with Crippen LogP contribution in [0.3, 0.4) is 0 Å². The second-order valence-electron chi connectivity index (χ2n) is 16.0. The maximum absolute atomic E-state index is 12.0. The van der Waals surface area contributed by atoms with E-state index in [4.69, 9.17) is 10.5 Å². The molecule has 218 valence electrons. The van der Waals surface area contributed by atoms with Crippen LogP contribution in [0, 0.1) is 51.2 Å². The van der Waals surface area contributed by atoms with Crippen LogP contribution in [0.4, 0.5) is 0 Å². The third-order valence-corrected chi connectivity index (χ3v) is 14.3. The first kappa shape index (κ1) is 28.3. The molecule has 6 rings (SSSR count). The van der Waals surface area contributed by atoms with Gasteiger partial charge in [0.05, 0.1) is 12.7 Å². The van der Waals surface area contributed by atoms with Gasteiger partial charge in [-0.1, -0.05) is 65.0 Å². The molecule has 0 saturated heterocycles. The lowest BCUT2D eigenvalue weighted by molar-refractivity contribution is -0.217. The van der Waals surface area contributed by atoms with Crippen molar-refractivity contribution in [3.05, 3.63) is 53.6 Å². The highest BCUT2D eigenvalue weighted by molar-refractivity contribution is 5.89. The van der Waals surface area contributed by atoms with Gasteiger partial charge in [-0.05, 0) is 139 Å². The van der Waals surface area contributed by atoms with Gasteiger partial charge < -0.3 is 10.5 Å². The monoisotopic (exact) mass is 543 g/mol. The molecule has 1 unspecified atom stereocenters. The summed E-state index contributed by atoms with van der Waals surface area (Å²) in [7, 11) is 1.45. The lowest BCUT2D eigenvalue weighted by atomic mass is 9.33. The Morgan fingerprint density at radius 2 is 1.60 bits per heavy atom. The standard InChI is InChI=1S/C37H53NO2/c1-23(2)26-15-20-37(38)22-21-35(6)28(31(26)37)13-14-30-34(5)18-16-27(24-9-11-25(12-10-24)32(39)40-8)33(3,4)29(34)17-19-36(30,35)7/h9-12,16,26,28-31H,1,13-15,17-22,38H2,2-8H3/t26-,28?,29-,30+,31+,34-,35+,36+,37-/m0/s1. The van der Waals surface area contributed by atoms with E-state index in [2.05, 4.69) is 66.3 Å². The number of hydrogen-bond donors (Lipinski definition) is 1. The van der Waals surface area contributed by atoms with Crippen molar-refractivity contribution in [2.45, 2.75) is 105 Å². The van der Waals surface area contributed by atoms with E-state index in [1.807, 2.05) is 12.1 Å². The Bertz CT molecular complexity index is 1240. The highest BCUT2D eigenvalue weighted by Gasteiger charge is 2.70. The molecule has 0 aliphatic heterocycles. The quantitative estimate of drug-likeness (QED) is 0.306. The molecule has 3 nitrogen and oxygen atoms in total. The number of methoxy groups -OCH3 is 1. The number of allylic oxidation sites excluding steroid dienone is 3. The normalized spacial score (nSPS) is 45.3. The van der Waals surface area contributed by atoms with Gasteiger partial charge >= 0.3 is 5.97 Å². The van der Waals surface area contributed by atoms with Crippen molar-refractivity contribution in [3.8, 4) is 0 Å². The van der Waals surface area contributed by atoms with Crippen LogP contribution in [0.2, 0.25) is 0 Å². The molecular formula is C37H53NO2. The Morgan fingerprint density at radius 1 is 0.900 bits per heavy atom. The van der Waals surface area contributed by atoms with Gasteiger partial charge in [0, 0.05) is 5.54 Å². The minimum Gasteiger partial charge on any atom is -0.465 e. The Balaban J connectivity index is 1.34. The van der Waals surface area contributed by atoms with E-state index < -0.39 is 0 Å². The van der Waals surface area contributed by atoms with Crippen LogP contribution in [0.25, 0.3) is 5.57 Å². The van der Waals surface area contributed by atoms with E-state index in [-0.39, 0.29) is 16.9 Å². The van der Waals surface area contributed by atoms with Crippen molar-refractivity contribution in [1.29, 1.82) is 0 Å². The van der Waals surface area contributed by atoms with E-state index in [0.29, 0.717) is 45.5 Å². The van der Waals surface area contributed by atoms with Crippen molar-refractivity contribution in [3.63, 3.8) is 0 Å². The average Bonchev–Trinajstić information content (AvgIpc) is 3.26. The summed E-state index contributed by atoms with van der Waals surface area (Å²) < 4.78 is 4.93. The van der Waals surface area contributed by atoms with Crippen LogP contribution in [-0.2, 0) is 4.74 Å². The zero-order valence-electron chi connectivity index (χ0n) is 26.2. The molecule has 4 saturated carbocycles. The SMILES string of the molecule is C=C(C)[C@@H]1CC[C@]2(N)CC[C@]3(C)C(CC[C@@H]4[C@@]5(C)CC=C(c6ccc(C(=O)OC)cc6)C(C)(C)[C@@H]5CC[C@]43C)[C@@H]12. The summed E-state index contributed by atoms with van der Waals surface area (Å²) in [5, 5.41) is 0. The third kappa shape index (κ3) is 3.61. The van der Waals surface area contributed by atoms with Crippen LogP contribution in [0.15, 0.2) is 42.5 Å². The number of carbonyl (C=O) groups is 1. The van der Waals surface area contributed by atoms with Crippen molar-refractivity contribution >= 4 is 11.5 Å². The second-order valence-corrected chi connectivity index (χ2v) is 16.0. The van der Waals surface area contributed by atoms with Crippen LogP contribution < -0.4 is 5.73 Å². The van der Waals surface area contributed by atoms with E-state index >= 15 is 0 Å². The molecule has 2 N–H and O–H groups in total. The highest BCUT2D eigenvalue weighted by atomic mass is 16.5. The predicted octanol–water partition coefficient (Wildman–Crippen LogP) is 8.84. The van der Waals surface area contributed by atoms with Crippen molar-refractivity contribution in [2.75, 3.05) is 7.11 Å². The molecule has 0 bridgehead atoms. The molecule has 5 aliphatic rings. The predicted molar refractivity (Wildman–Crippen MR) is 165 cm³/mol. The van der Waals surface area contributed by atoms with Gasteiger partial charge in [-0.2, -0.15) is 0 Å². The Morgan fingerprint density at radius 3 is 2.25 bits per heavy atom. The van der Waals surface area contributed by atoms with Gasteiger partial charge in [0.2, 0.25) is 0 Å². The fourth-order valence-corrected chi connectivity index (χ4v) is 12.2. The number of benzene rings is 1. The molecule has 5 aliphatic carbocycles. The number of esters is 1. The molecule has 0 heterocycles. The van der Waals surface area contributed by atoms with E-state index in [1.165, 1.54) is 75.2 Å². The topological polar surface area (TPSA) is 52.3 Å². The molecule has 0 aromatic heterocycles. The molecule has 40 heavy (non-hydrogen) atoms. The summed E-state index contributed by atoms with van der Waals surface area (Å²) >= 11 is 0. The van der Waals surface area contributed by atoms with Crippen LogP contribution in [-0.4, -0.2) is 18.6 Å². The lowest BCUT2D eigenvalue weighted by Crippen LogP contribution is -2.67. The Kier molecular flexibility index (Phi) is 6.40. The van der Waals surface area contributed by atoms with Gasteiger partial charge in [0.1, 0.15) is 0 Å². The molecule has 0 amide bonds. The van der Waals surface area contributed by atoms with Crippen molar-refractivity contribution in [2.24, 2.45) is 57.0 Å². The number of hydrogen-bond acceptors (Lipinski definition) is 3. The highest BCUT2D eigenvalue weighted by Crippen LogP contribution is 2.76. The number of nitrogens with two attached hydrogens (primary N) is 1. The maximum Gasteiger partial charge on any atom is 0.337 e. The molecule has 9 atom stereocenters. The van der Waals surface area contributed by atoms with Crippen LogP contribution in [0.1, 0.15) is 115 Å². The number of fused-ring (bicyclic) bond motifs is 7. The minimum atomic E-state index is -0.270. The van der Waals surface area contributed by atoms with Gasteiger partial charge in [-0.25, -0.2) is 4.79 Å². The first-order valence-corrected chi connectivity index (χ1v) is 16.1. The third-order valence-electron chi connectivity index (χ3n) is 14.3. The van der Waals surface area contributed by atoms with E-state index in [9.17, 15) is 4.79 Å². The fourth-order valence-electron chi connectivity index (χ4n) is 12.2. The van der Waals surface area contributed by atoms with Crippen LogP contribution in [0.5, 0.6) is 0 Å². The molecule has 0 spiro atoms. The first-order chi connectivity index (χ1) is 18.7. The molecule has 1 aromatic rings. The molecule has 0 radical (unpaired) electrons. The van der Waals surface area contributed by atoms with Gasteiger partial charge in [0.25, 0.3) is 0 Å². The number of rotatable bonds is 3. The summed E-state index contributed by atoms with van der Waals surface area (Å²) in [4.78, 5) is 12.0. The summed E-state index contributed by atoms with van der Waals surface area (Å²) in [6, 6.07) is 8.10. The maximum atomic E-state index is 12.0. The summed E-state index contributed by atoms with van der Waals surface area (Å²) in [6.07, 6.45) is 13.9. The summed E-state index contributed by atoms with van der Waals surface area (Å²) in [5.41, 5.74) is 13.0. The lowest BCUT2D eigenvalue weighted by Gasteiger charge is -2.72. The van der Waals surface area contributed by atoms with Gasteiger partial charge in [-0.15, -0.1) is 0 Å². The fraction of sp³-hybridized carbons (Fsp3) is 0.703. The first-order valence-electron chi connectivity index (χ1n) is 16.1. The van der Waals surface area contributed by atoms with Gasteiger partial charge in [-0.3, -0.25) is 0 Å². The molecule has 1 aromatic carbocycles. The van der Waals surface area contributed by atoms with E-state index in [0.717, 1.165) is 12.3 Å². The largest absolute Gasteiger partial charge is 0.465 e. The van der Waals surface area contributed by atoms with Crippen LogP contribution >= 0.6 is 0 Å². The summed E-state index contributed by atoms with van der Waals surface area (Å²) in [5.74, 6) is 3.03. The summed E-state index contributed by atoms with van der Waals surface area (Å²) in [6.45, 7) is 19.8. The molecule has 4 fully saturated rings. The number of carbonyl (C=O) groups excluding carboxylic acids is 1. The zero-order chi connectivity index (χ0) is 28.9. The Labute approximate surface area is 243 Å².